The van der Waals surface area contributed by atoms with E-state index >= 15 is 0 Å². The van der Waals surface area contributed by atoms with Crippen molar-refractivity contribution in [2.75, 3.05) is 6.61 Å². The summed E-state index contributed by atoms with van der Waals surface area (Å²) in [6.07, 6.45) is 3.04. The Hall–Kier alpha value is -3.79. The fourth-order valence-electron chi connectivity index (χ4n) is 4.27. The molecular weight excluding hydrogens is 420 g/mol. The average Bonchev–Trinajstić information content (AvgIpc) is 3.25. The summed E-state index contributed by atoms with van der Waals surface area (Å²) in [6, 6.07) is 31.2. The largest absolute Gasteiger partial charge is 0.494 e. The summed E-state index contributed by atoms with van der Waals surface area (Å²) in [6.45, 7) is 4.19. The monoisotopic (exact) mass is 450 g/mol. The van der Waals surface area contributed by atoms with Crippen molar-refractivity contribution in [3.63, 3.8) is 0 Å². The highest BCUT2D eigenvalue weighted by atomic mass is 16.5. The second kappa shape index (κ2) is 10.4. The van der Waals surface area contributed by atoms with E-state index in [1.165, 1.54) is 16.3 Å². The van der Waals surface area contributed by atoms with E-state index in [4.69, 9.17) is 14.5 Å². The van der Waals surface area contributed by atoms with Crippen LogP contribution in [0.2, 0.25) is 0 Å². The molecule has 0 fully saturated rings. The van der Waals surface area contributed by atoms with Gasteiger partial charge in [0.25, 0.3) is 0 Å². The minimum atomic E-state index is 0.438. The minimum Gasteiger partial charge on any atom is -0.494 e. The first-order valence-electron chi connectivity index (χ1n) is 12.1. The molecule has 0 bridgehead atoms. The van der Waals surface area contributed by atoms with E-state index in [0.29, 0.717) is 13.2 Å². The molecule has 0 spiro atoms. The Morgan fingerprint density at radius 2 is 1.50 bits per heavy atom. The van der Waals surface area contributed by atoms with Crippen molar-refractivity contribution in [2.24, 2.45) is 0 Å². The zero-order valence-corrected chi connectivity index (χ0v) is 19.6. The van der Waals surface area contributed by atoms with Gasteiger partial charge in [-0.3, -0.25) is 0 Å². The third kappa shape index (κ3) is 5.07. The summed E-state index contributed by atoms with van der Waals surface area (Å²) in [5.74, 6) is 2.75. The molecular formula is C30H30N2O2. The Kier molecular flexibility index (Phi) is 6.76. The van der Waals surface area contributed by atoms with Crippen LogP contribution in [0.15, 0.2) is 91.0 Å². The predicted molar refractivity (Wildman–Crippen MR) is 139 cm³/mol. The predicted octanol–water partition coefficient (Wildman–Crippen LogP) is 7.19. The highest BCUT2D eigenvalue weighted by Gasteiger charge is 2.11. The number of hydrogen-bond donors (Lipinski definition) is 0. The van der Waals surface area contributed by atoms with Crippen LogP contribution in [-0.2, 0) is 19.6 Å². The van der Waals surface area contributed by atoms with Crippen LogP contribution in [0.1, 0.15) is 31.2 Å². The molecule has 1 aromatic heterocycles. The zero-order valence-electron chi connectivity index (χ0n) is 19.6. The Labute approximate surface area is 200 Å². The van der Waals surface area contributed by atoms with Crippen molar-refractivity contribution in [3.8, 4) is 11.5 Å². The highest BCUT2D eigenvalue weighted by molar-refractivity contribution is 5.83. The number of aromatic nitrogens is 2. The van der Waals surface area contributed by atoms with E-state index in [2.05, 4.69) is 90.4 Å². The number of benzene rings is 4. The summed E-state index contributed by atoms with van der Waals surface area (Å²) in [4.78, 5) is 4.86. The van der Waals surface area contributed by atoms with Crippen LogP contribution in [0.5, 0.6) is 11.5 Å². The van der Waals surface area contributed by atoms with Gasteiger partial charge >= 0.3 is 0 Å². The number of aryl methyl sites for hydroxylation is 2. The molecule has 5 rings (SSSR count). The van der Waals surface area contributed by atoms with E-state index in [1.807, 2.05) is 12.1 Å². The van der Waals surface area contributed by atoms with E-state index in [-0.39, 0.29) is 0 Å². The molecule has 0 aliphatic heterocycles. The number of hydrogen-bond acceptors (Lipinski definition) is 3. The van der Waals surface area contributed by atoms with E-state index in [0.717, 1.165) is 54.2 Å². The van der Waals surface area contributed by atoms with E-state index < -0.39 is 0 Å². The molecule has 4 aromatic carbocycles. The molecule has 0 radical (unpaired) electrons. The summed E-state index contributed by atoms with van der Waals surface area (Å²) in [7, 11) is 0. The molecule has 0 amide bonds. The highest BCUT2D eigenvalue weighted by Crippen LogP contribution is 2.23. The maximum Gasteiger partial charge on any atom is 0.147 e. The van der Waals surface area contributed by atoms with Crippen molar-refractivity contribution < 1.29 is 9.47 Å². The summed E-state index contributed by atoms with van der Waals surface area (Å²) < 4.78 is 14.4. The van der Waals surface area contributed by atoms with Gasteiger partial charge in [0.05, 0.1) is 17.6 Å². The number of rotatable bonds is 10. The molecule has 172 valence electrons. The maximum atomic E-state index is 6.17. The third-order valence-corrected chi connectivity index (χ3v) is 6.20. The molecule has 4 nitrogen and oxygen atoms in total. The first kappa shape index (κ1) is 22.0. The molecule has 34 heavy (non-hydrogen) atoms. The van der Waals surface area contributed by atoms with Crippen molar-refractivity contribution in [3.05, 3.63) is 102 Å². The summed E-state index contributed by atoms with van der Waals surface area (Å²) in [5.41, 5.74) is 3.49. The quantitative estimate of drug-likeness (QED) is 0.211. The van der Waals surface area contributed by atoms with Gasteiger partial charge in [0.1, 0.15) is 23.9 Å². The Morgan fingerprint density at radius 3 is 2.35 bits per heavy atom. The normalized spacial score (nSPS) is 11.2. The van der Waals surface area contributed by atoms with Crippen LogP contribution in [0.4, 0.5) is 0 Å². The molecule has 5 aromatic rings. The second-order valence-electron chi connectivity index (χ2n) is 8.52. The fourth-order valence-corrected chi connectivity index (χ4v) is 4.27. The van der Waals surface area contributed by atoms with Crippen LogP contribution in [0.25, 0.3) is 21.8 Å². The van der Waals surface area contributed by atoms with Gasteiger partial charge in [-0.05, 0) is 72.0 Å². The van der Waals surface area contributed by atoms with Crippen LogP contribution < -0.4 is 9.47 Å². The molecule has 0 aliphatic carbocycles. The van der Waals surface area contributed by atoms with Gasteiger partial charge in [-0.1, -0.05) is 61.5 Å². The van der Waals surface area contributed by atoms with Gasteiger partial charge in [0.2, 0.25) is 0 Å². The van der Waals surface area contributed by atoms with Crippen molar-refractivity contribution >= 4 is 21.8 Å². The van der Waals surface area contributed by atoms with Crippen LogP contribution in [0.3, 0.4) is 0 Å². The maximum absolute atomic E-state index is 6.17. The Bertz CT molecular complexity index is 1370. The Morgan fingerprint density at radius 1 is 0.735 bits per heavy atom. The van der Waals surface area contributed by atoms with Crippen LogP contribution in [0, 0.1) is 0 Å². The Balaban J connectivity index is 1.22. The van der Waals surface area contributed by atoms with Crippen LogP contribution >= 0.6 is 0 Å². The van der Waals surface area contributed by atoms with E-state index in [1.54, 1.807) is 0 Å². The van der Waals surface area contributed by atoms with Crippen molar-refractivity contribution in [1.82, 2.24) is 9.55 Å². The SMILES string of the molecule is CCc1ccc(OCCCCn2c(COc3ccc4ccccc4c3)nc3ccccc32)cc1. The zero-order chi connectivity index (χ0) is 23.2. The van der Waals surface area contributed by atoms with Gasteiger partial charge in [0, 0.05) is 6.54 Å². The number of fused-ring (bicyclic) bond motifs is 2. The molecule has 0 aliphatic rings. The average molecular weight is 451 g/mol. The fraction of sp³-hybridized carbons (Fsp3) is 0.233. The summed E-state index contributed by atoms with van der Waals surface area (Å²) >= 11 is 0. The second-order valence-corrected chi connectivity index (χ2v) is 8.52. The van der Waals surface area contributed by atoms with Crippen molar-refractivity contribution in [2.45, 2.75) is 39.3 Å². The number of nitrogens with zero attached hydrogens (tertiary/aromatic N) is 2. The number of ether oxygens (including phenoxy) is 2. The topological polar surface area (TPSA) is 36.3 Å². The van der Waals surface area contributed by atoms with Crippen molar-refractivity contribution in [1.29, 1.82) is 0 Å². The number of para-hydroxylation sites is 2. The number of imidazole rings is 1. The lowest BCUT2D eigenvalue weighted by Crippen LogP contribution is -2.09. The lowest BCUT2D eigenvalue weighted by atomic mass is 10.1. The minimum absolute atomic E-state index is 0.438. The molecule has 1 heterocycles. The standard InChI is InChI=1S/C30H30N2O2/c1-2-23-13-16-26(17-14-23)33-20-8-7-19-32-29-12-6-5-11-28(29)31-30(32)22-34-27-18-15-24-9-3-4-10-25(24)21-27/h3-6,9-18,21H,2,7-8,19-20,22H2,1H3. The molecule has 0 saturated heterocycles. The van der Waals surface area contributed by atoms with Gasteiger partial charge in [-0.2, -0.15) is 0 Å². The molecule has 0 unspecified atom stereocenters. The lowest BCUT2D eigenvalue weighted by molar-refractivity contribution is 0.285. The smallest absolute Gasteiger partial charge is 0.147 e. The van der Waals surface area contributed by atoms with Gasteiger partial charge < -0.3 is 14.0 Å². The summed E-state index contributed by atoms with van der Waals surface area (Å²) in [5, 5.41) is 2.39. The van der Waals surface area contributed by atoms with E-state index in [9.17, 15) is 0 Å². The first-order valence-corrected chi connectivity index (χ1v) is 12.1. The van der Waals surface area contributed by atoms with Gasteiger partial charge in [-0.15, -0.1) is 0 Å². The van der Waals surface area contributed by atoms with Crippen LogP contribution in [-0.4, -0.2) is 16.2 Å². The molecule has 0 N–H and O–H groups in total. The molecule has 4 heteroatoms. The lowest BCUT2D eigenvalue weighted by Gasteiger charge is -2.12. The van der Waals surface area contributed by atoms with Gasteiger partial charge in [-0.25, -0.2) is 4.98 Å². The number of unbranched alkanes of at least 4 members (excludes halogenated alkanes) is 1. The first-order chi connectivity index (χ1) is 16.8. The molecule has 0 atom stereocenters. The third-order valence-electron chi connectivity index (χ3n) is 6.20. The molecule has 0 saturated carbocycles. The van der Waals surface area contributed by atoms with Gasteiger partial charge in [0.15, 0.2) is 0 Å².